The van der Waals surface area contributed by atoms with Crippen molar-refractivity contribution in [3.8, 4) is 0 Å². The van der Waals surface area contributed by atoms with Gasteiger partial charge in [-0.3, -0.25) is 0 Å². The fraction of sp³-hybridized carbons (Fsp3) is 1.00. The van der Waals surface area contributed by atoms with Crippen molar-refractivity contribution in [3.05, 3.63) is 0 Å². The minimum atomic E-state index is -3.89. The van der Waals surface area contributed by atoms with Crippen LogP contribution in [0, 0.1) is 0 Å². The molecule has 0 amide bonds. The van der Waals surface area contributed by atoms with E-state index in [0.29, 0.717) is 0 Å². The number of rotatable bonds is 0. The first-order valence-corrected chi connectivity index (χ1v) is 3.04. The zero-order valence-corrected chi connectivity index (χ0v) is 3.61. The van der Waals surface area contributed by atoms with Gasteiger partial charge < -0.3 is 14.4 Å². The lowest BCUT2D eigenvalue weighted by atomic mass is 12.0. The lowest BCUT2D eigenvalue weighted by molar-refractivity contribution is -0.191. The summed E-state index contributed by atoms with van der Waals surface area (Å²) in [5, 5.41) is 0. The summed E-state index contributed by atoms with van der Waals surface area (Å²) in [4.78, 5) is 16.7. The van der Waals surface area contributed by atoms with Crippen molar-refractivity contribution in [2.24, 2.45) is 0 Å². The van der Waals surface area contributed by atoms with Crippen LogP contribution in [0.4, 0.5) is 0 Å². The zero-order valence-electron chi connectivity index (χ0n) is 2.71. The average Bonchev–Trinajstić information content (AvgIpc) is 0.722. The van der Waals surface area contributed by atoms with Crippen LogP contribution in [-0.2, 0) is 4.57 Å². The summed E-state index contributed by atoms with van der Waals surface area (Å²) in [7, 11) is -3.89. The van der Waals surface area contributed by atoms with Gasteiger partial charge in [0, 0.05) is 6.66 Å². The van der Waals surface area contributed by atoms with Crippen molar-refractivity contribution in [2.45, 2.75) is 0 Å². The molecule has 0 bridgehead atoms. The SMILES string of the molecule is CP(=O)([O-])O. The van der Waals surface area contributed by atoms with Crippen molar-refractivity contribution in [1.82, 2.24) is 0 Å². The molecule has 3 nitrogen and oxygen atoms in total. The van der Waals surface area contributed by atoms with E-state index in [1.54, 1.807) is 0 Å². The molecule has 4 heteroatoms. The summed E-state index contributed by atoms with van der Waals surface area (Å²) in [6.07, 6.45) is 0. The summed E-state index contributed by atoms with van der Waals surface area (Å²) in [6, 6.07) is 0. The summed E-state index contributed by atoms with van der Waals surface area (Å²) < 4.78 is 9.22. The topological polar surface area (TPSA) is 60.4 Å². The molecule has 1 unspecified atom stereocenters. The van der Waals surface area contributed by atoms with Crippen molar-refractivity contribution >= 4 is 7.60 Å². The molecule has 1 N–H and O–H groups in total. The van der Waals surface area contributed by atoms with E-state index >= 15 is 0 Å². The summed E-state index contributed by atoms with van der Waals surface area (Å²) in [5.74, 6) is 0. The molecule has 0 aliphatic heterocycles. The molecule has 0 aliphatic rings. The Balaban J connectivity index is 3.47. The average molecular weight is 95.0 g/mol. The third-order valence-electron chi connectivity index (χ3n) is 0. The van der Waals surface area contributed by atoms with E-state index in [-0.39, 0.29) is 0 Å². The molecular formula is CH4O3P-. The molecule has 0 radical (unpaired) electrons. The highest BCUT2D eigenvalue weighted by Gasteiger charge is 1.79. The summed E-state index contributed by atoms with van der Waals surface area (Å²) >= 11 is 0. The Morgan fingerprint density at radius 1 is 2.00 bits per heavy atom. The first-order valence-electron chi connectivity index (χ1n) is 1.01. The maximum Gasteiger partial charge on any atom is 0.129 e. The number of hydrogen-bond donors (Lipinski definition) is 1. The quantitative estimate of drug-likeness (QED) is 0.399. The Hall–Kier alpha value is 0.150. The normalized spacial score (nSPS) is 21.4. The highest BCUT2D eigenvalue weighted by atomic mass is 31.2. The number of hydrogen-bond acceptors (Lipinski definition) is 2. The van der Waals surface area contributed by atoms with Crippen LogP contribution in [0.15, 0.2) is 0 Å². The first kappa shape index (κ1) is 5.15. The van der Waals surface area contributed by atoms with E-state index in [0.717, 1.165) is 6.66 Å². The largest absolute Gasteiger partial charge is 0.779 e. The van der Waals surface area contributed by atoms with Gasteiger partial charge in [0.25, 0.3) is 0 Å². The molecule has 1 atom stereocenters. The molecule has 0 fully saturated rings. The Morgan fingerprint density at radius 2 is 2.00 bits per heavy atom. The lowest BCUT2D eigenvalue weighted by Gasteiger charge is -2.04. The maximum absolute atomic E-state index is 9.22. The lowest BCUT2D eigenvalue weighted by Crippen LogP contribution is -1.93. The van der Waals surface area contributed by atoms with Gasteiger partial charge in [0.15, 0.2) is 0 Å². The Kier molecular flexibility index (Phi) is 1.12. The van der Waals surface area contributed by atoms with Gasteiger partial charge in [-0.1, -0.05) is 0 Å². The Bertz CT molecular complexity index is 53.0. The molecule has 0 heterocycles. The van der Waals surface area contributed by atoms with Crippen LogP contribution in [0.1, 0.15) is 0 Å². The van der Waals surface area contributed by atoms with E-state index in [1.165, 1.54) is 0 Å². The minimum absolute atomic E-state index is 0.743. The van der Waals surface area contributed by atoms with E-state index in [2.05, 4.69) is 0 Å². The van der Waals surface area contributed by atoms with Crippen LogP contribution in [-0.4, -0.2) is 11.6 Å². The highest BCUT2D eigenvalue weighted by molar-refractivity contribution is 7.49. The summed E-state index contributed by atoms with van der Waals surface area (Å²) in [5.41, 5.74) is 0. The van der Waals surface area contributed by atoms with Gasteiger partial charge in [0.05, 0.1) is 0 Å². The molecule has 32 valence electrons. The van der Waals surface area contributed by atoms with Crippen LogP contribution in [0.2, 0.25) is 0 Å². The molecule has 0 spiro atoms. The Morgan fingerprint density at radius 3 is 2.00 bits per heavy atom. The second-order valence-corrected chi connectivity index (χ2v) is 2.41. The molecule has 0 aliphatic carbocycles. The molecule has 0 aromatic heterocycles. The second kappa shape index (κ2) is 1.09. The molecule has 0 aromatic rings. The van der Waals surface area contributed by atoms with Gasteiger partial charge in [-0.15, -0.1) is 0 Å². The molecular weight excluding hydrogens is 91.0 g/mol. The molecule has 5 heavy (non-hydrogen) atoms. The predicted molar refractivity (Wildman–Crippen MR) is 15.7 cm³/mol. The smallest absolute Gasteiger partial charge is 0.129 e. The van der Waals surface area contributed by atoms with E-state index in [4.69, 9.17) is 4.89 Å². The van der Waals surface area contributed by atoms with Crippen molar-refractivity contribution in [2.75, 3.05) is 6.66 Å². The van der Waals surface area contributed by atoms with Gasteiger partial charge in [-0.05, 0) is 0 Å². The van der Waals surface area contributed by atoms with Gasteiger partial charge in [0.2, 0.25) is 0 Å². The standard InChI is InChI=1S/CH5O3P/c1-5(2,3)4/h1H3,(H2,2,3,4)/p-1. The van der Waals surface area contributed by atoms with Crippen molar-refractivity contribution in [1.29, 1.82) is 0 Å². The van der Waals surface area contributed by atoms with Gasteiger partial charge >= 0.3 is 0 Å². The van der Waals surface area contributed by atoms with E-state index < -0.39 is 7.60 Å². The highest BCUT2D eigenvalue weighted by Crippen LogP contribution is 2.19. The predicted octanol–water partition coefficient (Wildman–Crippen LogP) is -0.838. The van der Waals surface area contributed by atoms with Crippen LogP contribution < -0.4 is 4.89 Å². The van der Waals surface area contributed by atoms with Crippen molar-refractivity contribution in [3.63, 3.8) is 0 Å². The van der Waals surface area contributed by atoms with Crippen LogP contribution >= 0.6 is 7.60 Å². The Labute approximate surface area is 29.8 Å². The van der Waals surface area contributed by atoms with E-state index in [9.17, 15) is 9.46 Å². The van der Waals surface area contributed by atoms with E-state index in [1.807, 2.05) is 0 Å². The monoisotopic (exact) mass is 95.0 g/mol. The molecule has 0 aromatic carbocycles. The molecule has 0 saturated carbocycles. The third-order valence-corrected chi connectivity index (χ3v) is 0. The summed E-state index contributed by atoms with van der Waals surface area (Å²) in [6.45, 7) is 0.743. The zero-order chi connectivity index (χ0) is 4.50. The molecule has 0 saturated heterocycles. The van der Waals surface area contributed by atoms with Crippen LogP contribution in [0.3, 0.4) is 0 Å². The third kappa shape index (κ3) is 853. The maximum atomic E-state index is 9.22. The first-order chi connectivity index (χ1) is 2.00. The van der Waals surface area contributed by atoms with Crippen LogP contribution in [0.25, 0.3) is 0 Å². The minimum Gasteiger partial charge on any atom is -0.779 e. The molecule has 0 rings (SSSR count). The van der Waals surface area contributed by atoms with Crippen molar-refractivity contribution < 1.29 is 14.4 Å². The van der Waals surface area contributed by atoms with Gasteiger partial charge in [-0.2, -0.15) is 0 Å². The second-order valence-electron chi connectivity index (χ2n) is 0.803. The van der Waals surface area contributed by atoms with Gasteiger partial charge in [-0.25, -0.2) is 0 Å². The fourth-order valence-electron chi connectivity index (χ4n) is 0. The fourth-order valence-corrected chi connectivity index (χ4v) is 0. The van der Waals surface area contributed by atoms with Crippen LogP contribution in [0.5, 0.6) is 0 Å². The van der Waals surface area contributed by atoms with Gasteiger partial charge in [0.1, 0.15) is 7.60 Å².